The van der Waals surface area contributed by atoms with E-state index in [0.29, 0.717) is 5.92 Å². The second kappa shape index (κ2) is 5.57. The molecule has 4 aliphatic rings. The van der Waals surface area contributed by atoms with Gasteiger partial charge in [-0.05, 0) is 43.7 Å². The van der Waals surface area contributed by atoms with Crippen LogP contribution in [0.2, 0.25) is 0 Å². The van der Waals surface area contributed by atoms with Crippen LogP contribution in [0.1, 0.15) is 31.0 Å². The number of benzene rings is 1. The van der Waals surface area contributed by atoms with Gasteiger partial charge in [0.05, 0.1) is 13.2 Å². The van der Waals surface area contributed by atoms with E-state index >= 15 is 0 Å². The molecule has 5 heteroatoms. The van der Waals surface area contributed by atoms with E-state index in [4.69, 9.17) is 4.74 Å². The van der Waals surface area contributed by atoms with E-state index in [1.54, 1.807) is 0 Å². The van der Waals surface area contributed by atoms with E-state index in [-0.39, 0.29) is 17.9 Å². The molecule has 1 saturated carbocycles. The second-order valence-electron chi connectivity index (χ2n) is 8.39. The predicted octanol–water partition coefficient (Wildman–Crippen LogP) is 2.23. The zero-order valence-electron chi connectivity index (χ0n) is 15.4. The van der Waals surface area contributed by atoms with Crippen LogP contribution in [0.3, 0.4) is 0 Å². The third-order valence-corrected chi connectivity index (χ3v) is 7.09. The van der Waals surface area contributed by atoms with Crippen LogP contribution < -0.4 is 0 Å². The number of aromatic nitrogens is 1. The molecule has 1 aromatic heterocycles. The van der Waals surface area contributed by atoms with Crippen LogP contribution in [0.25, 0.3) is 10.9 Å². The van der Waals surface area contributed by atoms with Crippen molar-refractivity contribution in [3.63, 3.8) is 0 Å². The van der Waals surface area contributed by atoms with E-state index < -0.39 is 11.5 Å². The number of para-hydroxylation sites is 1. The average molecular weight is 354 g/mol. The van der Waals surface area contributed by atoms with Gasteiger partial charge in [-0.2, -0.15) is 0 Å². The molecule has 6 atom stereocenters. The zero-order chi connectivity index (χ0) is 18.1. The summed E-state index contributed by atoms with van der Waals surface area (Å²) in [5.41, 5.74) is 2.67. The highest BCUT2D eigenvalue weighted by atomic mass is 16.5. The van der Waals surface area contributed by atoms with E-state index in [9.17, 15) is 9.90 Å². The van der Waals surface area contributed by atoms with Gasteiger partial charge in [0, 0.05) is 41.6 Å². The standard InChI is InChI=1S/C21H26N2O3/c1-12(24)16-9-13-10-21(20(25)26-2)18-15(7-8-23(11-13)19(16)21)14-5-3-4-6-17(14)22-18/h3-6,12-13,16,19,22,24H,7-11H2,1-2H3/t12-,13-,16+,19+,21-/m1/s1. The number of methoxy groups -OCH3 is 1. The molecule has 26 heavy (non-hydrogen) atoms. The van der Waals surface area contributed by atoms with Gasteiger partial charge in [-0.15, -0.1) is 0 Å². The Morgan fingerprint density at radius 3 is 3.00 bits per heavy atom. The number of hydrogen-bond donors (Lipinski definition) is 2. The Kier molecular flexibility index (Phi) is 3.50. The van der Waals surface area contributed by atoms with Crippen LogP contribution in [0.4, 0.5) is 0 Å². The number of fused-ring (bicyclic) bond motifs is 4. The Morgan fingerprint density at radius 2 is 2.23 bits per heavy atom. The van der Waals surface area contributed by atoms with E-state index in [0.717, 1.165) is 43.6 Å². The fraction of sp³-hybridized carbons (Fsp3) is 0.571. The highest BCUT2D eigenvalue weighted by Crippen LogP contribution is 2.55. The van der Waals surface area contributed by atoms with Gasteiger partial charge in [-0.3, -0.25) is 9.69 Å². The van der Waals surface area contributed by atoms with Gasteiger partial charge in [-0.1, -0.05) is 18.2 Å². The maximum Gasteiger partial charge on any atom is 0.319 e. The first kappa shape index (κ1) is 16.3. The first-order chi connectivity index (χ1) is 12.6. The molecule has 0 amide bonds. The van der Waals surface area contributed by atoms with Crippen molar-refractivity contribution in [2.45, 2.75) is 43.7 Å². The summed E-state index contributed by atoms with van der Waals surface area (Å²) in [4.78, 5) is 19.4. The van der Waals surface area contributed by atoms with E-state index in [1.807, 2.05) is 13.0 Å². The Balaban J connectivity index is 1.80. The number of aliphatic hydroxyl groups is 1. The highest BCUT2D eigenvalue weighted by Gasteiger charge is 2.63. The summed E-state index contributed by atoms with van der Waals surface area (Å²) in [5, 5.41) is 11.7. The molecule has 0 radical (unpaired) electrons. The van der Waals surface area contributed by atoms with Crippen LogP contribution >= 0.6 is 0 Å². The molecular weight excluding hydrogens is 328 g/mol. The van der Waals surface area contributed by atoms with Gasteiger partial charge < -0.3 is 14.8 Å². The number of nitrogens with one attached hydrogen (secondary N) is 1. The first-order valence-electron chi connectivity index (χ1n) is 9.67. The highest BCUT2D eigenvalue weighted by molar-refractivity contribution is 5.91. The summed E-state index contributed by atoms with van der Waals surface area (Å²) in [6.45, 7) is 3.82. The van der Waals surface area contributed by atoms with E-state index in [1.165, 1.54) is 18.1 Å². The molecule has 4 heterocycles. The van der Waals surface area contributed by atoms with Gasteiger partial charge >= 0.3 is 5.97 Å². The molecule has 3 aliphatic heterocycles. The summed E-state index contributed by atoms with van der Waals surface area (Å²) < 4.78 is 5.39. The summed E-state index contributed by atoms with van der Waals surface area (Å²) in [6.07, 6.45) is 2.30. The summed E-state index contributed by atoms with van der Waals surface area (Å²) in [6, 6.07) is 8.31. The lowest BCUT2D eigenvalue weighted by Crippen LogP contribution is -2.68. The first-order valence-corrected chi connectivity index (χ1v) is 9.67. The van der Waals surface area contributed by atoms with Crippen molar-refractivity contribution < 1.29 is 14.6 Å². The number of piperidine rings is 2. The summed E-state index contributed by atoms with van der Waals surface area (Å²) in [5.74, 6) is 0.354. The van der Waals surface area contributed by atoms with Crippen LogP contribution in [-0.4, -0.2) is 53.3 Å². The SMILES string of the molecule is COC(=O)[C@@]12C[C@H]3C[C@@H]([C@@H](C)O)[C@@H]1N(CCc1c2[nH]c2ccccc12)C3. The molecule has 1 aliphatic carbocycles. The molecule has 2 N–H and O–H groups in total. The average Bonchev–Trinajstić information content (AvgIpc) is 3.00. The number of hydrogen-bond acceptors (Lipinski definition) is 4. The van der Waals surface area contributed by atoms with Crippen molar-refractivity contribution in [1.29, 1.82) is 0 Å². The van der Waals surface area contributed by atoms with Gasteiger partial charge in [-0.25, -0.2) is 0 Å². The van der Waals surface area contributed by atoms with Crippen LogP contribution in [0.15, 0.2) is 24.3 Å². The molecule has 2 saturated heterocycles. The normalized spacial score (nSPS) is 36.4. The van der Waals surface area contributed by atoms with Crippen LogP contribution in [0, 0.1) is 11.8 Å². The lowest BCUT2D eigenvalue weighted by atomic mass is 9.56. The fourth-order valence-corrected chi connectivity index (χ4v) is 6.23. The van der Waals surface area contributed by atoms with Crippen LogP contribution in [0.5, 0.6) is 0 Å². The van der Waals surface area contributed by atoms with Crippen molar-refractivity contribution in [3.05, 3.63) is 35.5 Å². The molecule has 5 nitrogen and oxygen atoms in total. The molecule has 138 valence electrons. The maximum absolute atomic E-state index is 13.3. The van der Waals surface area contributed by atoms with Crippen LogP contribution in [-0.2, 0) is 21.4 Å². The number of aromatic amines is 1. The number of aliphatic hydroxyl groups excluding tert-OH is 1. The smallest absolute Gasteiger partial charge is 0.319 e. The van der Waals surface area contributed by atoms with Gasteiger partial charge in [0.25, 0.3) is 0 Å². The number of esters is 1. The Bertz CT molecular complexity index is 873. The molecule has 6 rings (SSSR count). The lowest BCUT2D eigenvalue weighted by molar-refractivity contribution is -0.166. The van der Waals surface area contributed by atoms with Crippen molar-refractivity contribution in [3.8, 4) is 0 Å². The Labute approximate surface area is 153 Å². The number of H-pyrrole nitrogens is 1. The number of ether oxygens (including phenoxy) is 1. The van der Waals surface area contributed by atoms with E-state index in [2.05, 4.69) is 28.1 Å². The number of carbonyl (C=O) groups excluding carboxylic acids is 1. The molecule has 1 aromatic carbocycles. The number of rotatable bonds is 2. The van der Waals surface area contributed by atoms with Crippen molar-refractivity contribution in [2.75, 3.05) is 20.2 Å². The summed E-state index contributed by atoms with van der Waals surface area (Å²) >= 11 is 0. The molecule has 0 spiro atoms. The van der Waals surface area contributed by atoms with Crippen molar-refractivity contribution >= 4 is 16.9 Å². The third kappa shape index (κ3) is 1.96. The molecule has 2 aromatic rings. The zero-order valence-corrected chi connectivity index (χ0v) is 15.4. The number of nitrogens with zero attached hydrogens (tertiary/aromatic N) is 1. The maximum atomic E-state index is 13.3. The molecular formula is C21H26N2O3. The molecule has 1 unspecified atom stereocenters. The minimum atomic E-state index is -0.706. The Morgan fingerprint density at radius 1 is 1.42 bits per heavy atom. The van der Waals surface area contributed by atoms with Gasteiger partial charge in [0.2, 0.25) is 0 Å². The quantitative estimate of drug-likeness (QED) is 0.812. The Hall–Kier alpha value is -1.85. The molecule has 4 bridgehead atoms. The van der Waals surface area contributed by atoms with Crippen molar-refractivity contribution in [2.24, 2.45) is 11.8 Å². The minimum Gasteiger partial charge on any atom is -0.468 e. The lowest BCUT2D eigenvalue weighted by Gasteiger charge is -2.58. The third-order valence-electron chi connectivity index (χ3n) is 7.09. The van der Waals surface area contributed by atoms with Gasteiger partial charge in [0.15, 0.2) is 0 Å². The monoisotopic (exact) mass is 354 g/mol. The predicted molar refractivity (Wildman–Crippen MR) is 99.0 cm³/mol. The fourth-order valence-electron chi connectivity index (χ4n) is 6.23. The van der Waals surface area contributed by atoms with Crippen molar-refractivity contribution in [1.82, 2.24) is 9.88 Å². The summed E-state index contributed by atoms with van der Waals surface area (Å²) in [7, 11) is 1.49. The topological polar surface area (TPSA) is 65.6 Å². The number of carbonyl (C=O) groups is 1. The minimum absolute atomic E-state index is 0.00531. The molecule has 3 fully saturated rings. The largest absolute Gasteiger partial charge is 0.468 e. The second-order valence-corrected chi connectivity index (χ2v) is 8.39. The van der Waals surface area contributed by atoms with Gasteiger partial charge in [0.1, 0.15) is 5.41 Å².